The molecule has 1 aliphatic rings. The van der Waals surface area contributed by atoms with Gasteiger partial charge in [-0.05, 0) is 92.1 Å². The molecule has 0 aliphatic carbocycles. The summed E-state index contributed by atoms with van der Waals surface area (Å²) in [7, 11) is 0. The number of hydrogen-bond acceptors (Lipinski definition) is 6. The lowest BCUT2D eigenvalue weighted by Gasteiger charge is -2.45. The van der Waals surface area contributed by atoms with Crippen LogP contribution in [0.5, 0.6) is 17.2 Å². The molecule has 1 aliphatic heterocycles. The minimum Gasteiger partial charge on any atom is -0.494 e. The van der Waals surface area contributed by atoms with E-state index in [4.69, 9.17) is 18.9 Å². The van der Waals surface area contributed by atoms with Gasteiger partial charge in [0.15, 0.2) is 0 Å². The van der Waals surface area contributed by atoms with Crippen molar-refractivity contribution in [2.45, 2.75) is 98.2 Å². The Bertz CT molecular complexity index is 2370. The molecule has 6 nitrogen and oxygen atoms in total. The SMILES string of the molecule is CC1(COCCCCCCOc2ccc(C(=O)Oc3ccc(C#Cc4ccc(OC(F)(F)C(F)(F)C(F)(F)C(F)(F)C(F)(F)C(F)(F)C(F)(F)C(F)(F)C(F)(F)C(F)(F)C(F)(F)F)cc4)cc3)cc2)COC1. The van der Waals surface area contributed by atoms with Gasteiger partial charge in [0.05, 0.1) is 32.0 Å². The third kappa shape index (κ3) is 11.1. The number of carbonyl (C=O) groups is 1. The molecule has 0 spiro atoms. The van der Waals surface area contributed by atoms with Gasteiger partial charge in [-0.1, -0.05) is 25.2 Å². The Balaban J connectivity index is 1.35. The second-order valence-electron chi connectivity index (χ2n) is 16.1. The molecule has 0 amide bonds. The topological polar surface area (TPSA) is 63.2 Å². The molecule has 1 fully saturated rings. The van der Waals surface area contributed by atoms with E-state index >= 15 is 0 Å². The van der Waals surface area contributed by atoms with Gasteiger partial charge < -0.3 is 23.7 Å². The lowest BCUT2D eigenvalue weighted by Crippen LogP contribution is -2.77. The fourth-order valence-corrected chi connectivity index (χ4v) is 5.87. The molecule has 0 saturated carbocycles. The summed E-state index contributed by atoms with van der Waals surface area (Å²) in [6.07, 6.45) is -12.0. The predicted octanol–water partition coefficient (Wildman–Crippen LogP) is 13.5. The van der Waals surface area contributed by atoms with Gasteiger partial charge in [-0.2, -0.15) is 101 Å². The standard InChI is InChI=1S/C43H33F23O6/c1-32(23-69-24-32)22-68-20-4-2-3-5-21-70-28-18-12-27(13-19-28)31(67)71-29-14-8-25(9-15-29)6-7-26-10-16-30(17-11-26)72-43(65,66)41(60,61)39(56,57)37(52,53)35(48,49)33(44,45)34(46,47)36(50,51)38(54,55)40(58,59)42(62,63)64/h8-19H,2-5,20-24H2,1H3. The molecule has 29 heteroatoms. The molecule has 0 atom stereocenters. The Kier molecular flexibility index (Phi) is 16.8. The first kappa shape index (κ1) is 59.2. The van der Waals surface area contributed by atoms with Crippen molar-refractivity contribution in [2.24, 2.45) is 5.41 Å². The van der Waals surface area contributed by atoms with E-state index in [1.165, 1.54) is 36.4 Å². The van der Waals surface area contributed by atoms with Gasteiger partial charge in [-0.25, -0.2) is 4.79 Å². The second kappa shape index (κ2) is 20.5. The van der Waals surface area contributed by atoms with Gasteiger partial charge in [0, 0.05) is 23.1 Å². The smallest absolute Gasteiger partial charge is 0.471 e. The summed E-state index contributed by atoms with van der Waals surface area (Å²) >= 11 is 0. The van der Waals surface area contributed by atoms with Crippen LogP contribution < -0.4 is 14.2 Å². The first-order valence-corrected chi connectivity index (χ1v) is 20.0. The van der Waals surface area contributed by atoms with Crippen LogP contribution in [0.2, 0.25) is 0 Å². The molecule has 1 saturated heterocycles. The molecular formula is C43H33F23O6. The van der Waals surface area contributed by atoms with E-state index < -0.39 is 77.3 Å². The lowest BCUT2D eigenvalue weighted by atomic mass is 9.86. The Morgan fingerprint density at radius 1 is 0.486 bits per heavy atom. The maximum atomic E-state index is 14.4. The Morgan fingerprint density at radius 2 is 0.861 bits per heavy atom. The monoisotopic (exact) mass is 1080 g/mol. The Labute approximate surface area is 390 Å². The average Bonchev–Trinajstić information content (AvgIpc) is 3.27. The summed E-state index contributed by atoms with van der Waals surface area (Å²) < 4.78 is 341. The van der Waals surface area contributed by atoms with Crippen molar-refractivity contribution in [1.29, 1.82) is 0 Å². The van der Waals surface area contributed by atoms with Gasteiger partial charge in [-0.15, -0.1) is 0 Å². The van der Waals surface area contributed by atoms with Crippen LogP contribution in [0, 0.1) is 17.3 Å². The number of rotatable bonds is 23. The van der Waals surface area contributed by atoms with Gasteiger partial charge in [-0.3, -0.25) is 0 Å². The highest BCUT2D eigenvalue weighted by molar-refractivity contribution is 5.91. The number of carbonyl (C=O) groups excluding carboxylic acids is 1. The number of benzene rings is 3. The van der Waals surface area contributed by atoms with Crippen molar-refractivity contribution in [1.82, 2.24) is 0 Å². The number of halogens is 23. The molecule has 0 N–H and O–H groups in total. The number of hydrogen-bond donors (Lipinski definition) is 0. The first-order valence-electron chi connectivity index (χ1n) is 20.0. The fraction of sp³-hybridized carbons (Fsp3) is 0.512. The third-order valence-electron chi connectivity index (χ3n) is 10.3. The molecule has 0 bridgehead atoms. The molecule has 1 heterocycles. The molecule has 72 heavy (non-hydrogen) atoms. The van der Waals surface area contributed by atoms with Gasteiger partial charge in [0.25, 0.3) is 0 Å². The van der Waals surface area contributed by atoms with Gasteiger partial charge in [0.2, 0.25) is 0 Å². The first-order chi connectivity index (χ1) is 32.7. The minimum atomic E-state index is -9.50. The Hall–Kier alpha value is -5.40. The summed E-state index contributed by atoms with van der Waals surface area (Å²) in [5.74, 6) is -79.2. The van der Waals surface area contributed by atoms with E-state index in [0.717, 1.165) is 25.7 Å². The van der Waals surface area contributed by atoms with Crippen molar-refractivity contribution in [2.75, 3.05) is 33.0 Å². The maximum Gasteiger partial charge on any atom is 0.471 e. The van der Waals surface area contributed by atoms with Crippen molar-refractivity contribution in [3.8, 4) is 29.1 Å². The molecule has 0 unspecified atom stereocenters. The third-order valence-corrected chi connectivity index (χ3v) is 10.3. The molecular weight excluding hydrogens is 1050 g/mol. The van der Waals surface area contributed by atoms with Crippen LogP contribution in [-0.2, 0) is 9.47 Å². The fourth-order valence-electron chi connectivity index (χ4n) is 5.87. The summed E-state index contributed by atoms with van der Waals surface area (Å²) in [6, 6.07) is 12.4. The normalized spacial score (nSPS) is 15.6. The largest absolute Gasteiger partial charge is 0.494 e. The van der Waals surface area contributed by atoms with Crippen LogP contribution in [0.15, 0.2) is 72.8 Å². The van der Waals surface area contributed by atoms with Crippen LogP contribution in [0.4, 0.5) is 101 Å². The zero-order valence-corrected chi connectivity index (χ0v) is 35.9. The van der Waals surface area contributed by atoms with Crippen LogP contribution in [0.25, 0.3) is 0 Å². The van der Waals surface area contributed by atoms with Crippen LogP contribution >= 0.6 is 0 Å². The van der Waals surface area contributed by atoms with Crippen LogP contribution in [-0.4, -0.2) is 105 Å². The van der Waals surface area contributed by atoms with Gasteiger partial charge in [0.1, 0.15) is 17.2 Å². The predicted molar refractivity (Wildman–Crippen MR) is 200 cm³/mol. The summed E-state index contributed by atoms with van der Waals surface area (Å²) in [4.78, 5) is 12.6. The van der Waals surface area contributed by atoms with E-state index in [-0.39, 0.29) is 40.0 Å². The van der Waals surface area contributed by atoms with Crippen molar-refractivity contribution in [3.05, 3.63) is 89.5 Å². The highest BCUT2D eigenvalue weighted by Crippen LogP contribution is 2.67. The number of unbranched alkanes of at least 4 members (excludes halogenated alkanes) is 3. The van der Waals surface area contributed by atoms with Crippen molar-refractivity contribution in [3.63, 3.8) is 0 Å². The summed E-state index contributed by atoms with van der Waals surface area (Å²) in [6.45, 7) is 5.19. The quantitative estimate of drug-likeness (QED) is 0.0310. The second-order valence-corrected chi connectivity index (χ2v) is 16.1. The van der Waals surface area contributed by atoms with Crippen LogP contribution in [0.1, 0.15) is 54.1 Å². The zero-order valence-electron chi connectivity index (χ0n) is 35.9. The average molecular weight is 1080 g/mol. The van der Waals surface area contributed by atoms with E-state index in [2.05, 4.69) is 23.5 Å². The van der Waals surface area contributed by atoms with Crippen molar-refractivity contribution >= 4 is 5.97 Å². The van der Waals surface area contributed by atoms with E-state index in [1.54, 1.807) is 12.1 Å². The summed E-state index contributed by atoms with van der Waals surface area (Å²) in [5, 5.41) is 0. The van der Waals surface area contributed by atoms with Crippen LogP contribution in [0.3, 0.4) is 0 Å². The summed E-state index contributed by atoms with van der Waals surface area (Å²) in [5.41, 5.74) is 0.0578. The maximum absolute atomic E-state index is 14.4. The molecule has 4 rings (SSSR count). The molecule has 402 valence electrons. The molecule has 3 aromatic carbocycles. The molecule has 0 radical (unpaired) electrons. The number of alkyl halides is 23. The highest BCUT2D eigenvalue weighted by Gasteiger charge is 2.99. The van der Waals surface area contributed by atoms with E-state index in [0.29, 0.717) is 50.9 Å². The zero-order chi connectivity index (χ0) is 54.8. The number of esters is 1. The lowest BCUT2D eigenvalue weighted by molar-refractivity contribution is -0.483. The van der Waals surface area contributed by atoms with E-state index in [1.807, 2.05) is 0 Å². The van der Waals surface area contributed by atoms with Crippen molar-refractivity contribution < 1.29 is 129 Å². The minimum absolute atomic E-state index is 0.00104. The molecule has 3 aromatic rings. The highest BCUT2D eigenvalue weighted by atomic mass is 19.4. The van der Waals surface area contributed by atoms with E-state index in [9.17, 15) is 106 Å². The molecule has 0 aromatic heterocycles. The number of ether oxygens (including phenoxy) is 5. The van der Waals surface area contributed by atoms with Gasteiger partial charge >= 0.3 is 71.6 Å². The Morgan fingerprint density at radius 3 is 1.26 bits per heavy atom.